The van der Waals surface area contributed by atoms with Gasteiger partial charge in [-0.2, -0.15) is 4.68 Å². The van der Waals surface area contributed by atoms with Crippen molar-refractivity contribution >= 4 is 29.3 Å². The smallest absolute Gasteiger partial charge is 0.303 e. The number of hydrogen-bond donors (Lipinski definition) is 3. The lowest BCUT2D eigenvalue weighted by Gasteiger charge is -2.41. The number of tetrazole rings is 1. The molecule has 1 fully saturated rings. The Labute approximate surface area is 258 Å². The zero-order valence-electron chi connectivity index (χ0n) is 24.4. The zero-order valence-corrected chi connectivity index (χ0v) is 25.2. The van der Waals surface area contributed by atoms with Crippen molar-refractivity contribution in [3.8, 4) is 11.4 Å². The van der Waals surface area contributed by atoms with Crippen LogP contribution in [0.25, 0.3) is 5.69 Å². The third-order valence-corrected chi connectivity index (χ3v) is 8.21. The van der Waals surface area contributed by atoms with E-state index in [0.29, 0.717) is 22.3 Å². The molecule has 0 bridgehead atoms. The highest BCUT2D eigenvalue weighted by atomic mass is 32.2. The standard InChI is InChI=1S/C31H33N5O7S/c1-18-27(17-44-31-33-34-35-36(31)25-12-14-26(39)15-13-25)42-30(43-28(18)22-6-4-21(16-37)5-7-22)23-8-10-24(11-9-23)32-29(40)19(2)41-20(3)38/h4-15,18-19,27-28,30,37,39H,16-17H2,1-3H3,(H,32,40)/t18-,19+,27+,28+,30+/m1/s1. The largest absolute Gasteiger partial charge is 0.508 e. The molecule has 5 rings (SSSR count). The van der Waals surface area contributed by atoms with Crippen molar-refractivity contribution in [3.63, 3.8) is 0 Å². The molecule has 0 radical (unpaired) electrons. The molecule has 0 unspecified atom stereocenters. The van der Waals surface area contributed by atoms with E-state index in [1.165, 1.54) is 25.6 Å². The SMILES string of the molecule is CC(=O)O[C@@H](C)C(=O)Nc1ccc([C@H]2O[C@@H](CSc3nnnn3-c3ccc(O)cc3)[C@@H](C)[C@@H](c3ccc(CO)cc3)O2)cc1. The zero-order chi connectivity index (χ0) is 31.2. The fourth-order valence-electron chi connectivity index (χ4n) is 4.76. The second-order valence-corrected chi connectivity index (χ2v) is 11.4. The van der Waals surface area contributed by atoms with Gasteiger partial charge >= 0.3 is 5.97 Å². The van der Waals surface area contributed by atoms with Gasteiger partial charge in [-0.15, -0.1) is 5.10 Å². The van der Waals surface area contributed by atoms with E-state index >= 15 is 0 Å². The number of ether oxygens (including phenoxy) is 3. The molecule has 44 heavy (non-hydrogen) atoms. The first-order valence-corrected chi connectivity index (χ1v) is 15.0. The van der Waals surface area contributed by atoms with Gasteiger partial charge in [0.2, 0.25) is 5.16 Å². The average Bonchev–Trinajstić information content (AvgIpc) is 3.49. The van der Waals surface area contributed by atoms with Gasteiger partial charge in [-0.05, 0) is 64.9 Å². The Balaban J connectivity index is 1.34. The maximum atomic E-state index is 12.4. The topological polar surface area (TPSA) is 158 Å². The maximum Gasteiger partial charge on any atom is 0.303 e. The molecule has 230 valence electrons. The molecule has 13 heteroatoms. The Hall–Kier alpha value is -4.30. The maximum absolute atomic E-state index is 12.4. The van der Waals surface area contributed by atoms with Gasteiger partial charge in [0.05, 0.1) is 24.5 Å². The van der Waals surface area contributed by atoms with Crippen LogP contribution in [0.1, 0.15) is 49.9 Å². The molecular weight excluding hydrogens is 586 g/mol. The van der Waals surface area contributed by atoms with Gasteiger partial charge in [0, 0.05) is 29.8 Å². The van der Waals surface area contributed by atoms with E-state index in [-0.39, 0.29) is 30.5 Å². The summed E-state index contributed by atoms with van der Waals surface area (Å²) in [5, 5.41) is 34.6. The first-order valence-electron chi connectivity index (χ1n) is 14.0. The molecule has 2 heterocycles. The highest BCUT2D eigenvalue weighted by Gasteiger charge is 2.38. The number of phenols is 1. The number of anilines is 1. The molecule has 3 N–H and O–H groups in total. The molecule has 1 aliphatic heterocycles. The Morgan fingerprint density at radius 3 is 2.36 bits per heavy atom. The van der Waals surface area contributed by atoms with Crippen LogP contribution in [0.15, 0.2) is 78.0 Å². The van der Waals surface area contributed by atoms with Gasteiger partial charge in [0.25, 0.3) is 5.91 Å². The van der Waals surface area contributed by atoms with E-state index in [4.69, 9.17) is 14.2 Å². The number of aromatic nitrogens is 4. The van der Waals surface area contributed by atoms with Crippen molar-refractivity contribution in [2.75, 3.05) is 11.1 Å². The summed E-state index contributed by atoms with van der Waals surface area (Å²) in [5.41, 5.74) is 3.76. The summed E-state index contributed by atoms with van der Waals surface area (Å²) < 4.78 is 19.6. The van der Waals surface area contributed by atoms with Crippen molar-refractivity contribution in [3.05, 3.63) is 89.5 Å². The lowest BCUT2D eigenvalue weighted by atomic mass is 9.91. The summed E-state index contributed by atoms with van der Waals surface area (Å²) in [6.45, 7) is 4.77. The molecule has 0 saturated carbocycles. The van der Waals surface area contributed by atoms with E-state index in [9.17, 15) is 19.8 Å². The summed E-state index contributed by atoms with van der Waals surface area (Å²) in [6, 6.07) is 21.4. The van der Waals surface area contributed by atoms with Crippen LogP contribution in [0.2, 0.25) is 0 Å². The summed E-state index contributed by atoms with van der Waals surface area (Å²) in [6.07, 6.45) is -2.22. The van der Waals surface area contributed by atoms with Crippen LogP contribution >= 0.6 is 11.8 Å². The Kier molecular flexibility index (Phi) is 9.90. The average molecular weight is 620 g/mol. The molecule has 4 aromatic rings. The minimum absolute atomic E-state index is 0.0509. The van der Waals surface area contributed by atoms with Crippen LogP contribution in [0.3, 0.4) is 0 Å². The quantitative estimate of drug-likeness (QED) is 0.171. The predicted molar refractivity (Wildman–Crippen MR) is 161 cm³/mol. The van der Waals surface area contributed by atoms with Crippen molar-refractivity contribution in [2.24, 2.45) is 5.92 Å². The van der Waals surface area contributed by atoms with Crippen LogP contribution in [0.5, 0.6) is 5.75 Å². The highest BCUT2D eigenvalue weighted by molar-refractivity contribution is 7.99. The molecule has 1 aliphatic rings. The molecule has 3 aromatic carbocycles. The first kappa shape index (κ1) is 31.1. The number of phenolic OH excluding ortho intramolecular Hbond substituents is 1. The normalized spacial score (nSPS) is 20.5. The molecule has 1 amide bonds. The molecule has 0 spiro atoms. The van der Waals surface area contributed by atoms with Gasteiger partial charge < -0.3 is 29.7 Å². The highest BCUT2D eigenvalue weighted by Crippen LogP contribution is 2.43. The number of aliphatic hydroxyl groups is 1. The number of nitrogens with zero attached hydrogens (tertiary/aromatic N) is 4. The third-order valence-electron chi connectivity index (χ3n) is 7.20. The van der Waals surface area contributed by atoms with Crippen molar-refractivity contribution in [2.45, 2.75) is 57.1 Å². The van der Waals surface area contributed by atoms with Crippen LogP contribution < -0.4 is 5.32 Å². The van der Waals surface area contributed by atoms with Crippen LogP contribution in [-0.2, 0) is 30.4 Å². The van der Waals surface area contributed by atoms with Gasteiger partial charge in [-0.1, -0.05) is 55.1 Å². The Morgan fingerprint density at radius 2 is 1.70 bits per heavy atom. The van der Waals surface area contributed by atoms with Crippen LogP contribution in [-0.4, -0.2) is 60.3 Å². The summed E-state index contributed by atoms with van der Waals surface area (Å²) in [7, 11) is 0. The number of aliphatic hydroxyl groups excluding tert-OH is 1. The Bertz CT molecular complexity index is 1560. The number of rotatable bonds is 10. The van der Waals surface area contributed by atoms with Gasteiger partial charge in [-0.25, -0.2) is 0 Å². The van der Waals surface area contributed by atoms with Gasteiger partial charge in [0.1, 0.15) is 5.75 Å². The summed E-state index contributed by atoms with van der Waals surface area (Å²) in [4.78, 5) is 23.6. The van der Waals surface area contributed by atoms with Crippen molar-refractivity contribution in [1.82, 2.24) is 20.2 Å². The number of carbonyl (C=O) groups is 2. The van der Waals surface area contributed by atoms with Crippen molar-refractivity contribution in [1.29, 1.82) is 0 Å². The minimum Gasteiger partial charge on any atom is -0.508 e. The number of nitrogens with one attached hydrogen (secondary N) is 1. The number of carbonyl (C=O) groups excluding carboxylic acids is 2. The molecule has 12 nitrogen and oxygen atoms in total. The molecular formula is C31H33N5O7S. The minimum atomic E-state index is -0.926. The first-order chi connectivity index (χ1) is 21.2. The van der Waals surface area contributed by atoms with E-state index < -0.39 is 24.3 Å². The second-order valence-electron chi connectivity index (χ2n) is 10.4. The molecule has 1 saturated heterocycles. The summed E-state index contributed by atoms with van der Waals surface area (Å²) >= 11 is 1.45. The lowest BCUT2D eigenvalue weighted by molar-refractivity contribution is -0.268. The van der Waals surface area contributed by atoms with Crippen molar-refractivity contribution < 1.29 is 34.0 Å². The van der Waals surface area contributed by atoms with E-state index in [1.54, 1.807) is 41.1 Å². The monoisotopic (exact) mass is 619 g/mol. The Morgan fingerprint density at radius 1 is 1.02 bits per heavy atom. The third kappa shape index (κ3) is 7.42. The number of thioether (sulfide) groups is 1. The molecule has 1 aromatic heterocycles. The number of amides is 1. The molecule has 5 atom stereocenters. The predicted octanol–water partition coefficient (Wildman–Crippen LogP) is 4.33. The fraction of sp³-hybridized carbons (Fsp3) is 0.323. The number of hydrogen-bond acceptors (Lipinski definition) is 11. The fourth-order valence-corrected chi connectivity index (χ4v) is 5.82. The van der Waals surface area contributed by atoms with E-state index in [2.05, 4.69) is 27.8 Å². The van der Waals surface area contributed by atoms with Crippen LogP contribution in [0.4, 0.5) is 5.69 Å². The number of benzene rings is 3. The molecule has 0 aliphatic carbocycles. The number of aromatic hydroxyl groups is 1. The van der Waals surface area contributed by atoms with E-state index in [1.807, 2.05) is 36.4 Å². The summed E-state index contributed by atoms with van der Waals surface area (Å²) in [5.74, 6) is -0.360. The van der Waals surface area contributed by atoms with Gasteiger partial charge in [-0.3, -0.25) is 9.59 Å². The van der Waals surface area contributed by atoms with Gasteiger partial charge in [0.15, 0.2) is 12.4 Å². The lowest BCUT2D eigenvalue weighted by Crippen LogP contribution is -2.38. The number of esters is 1. The van der Waals surface area contributed by atoms with Crippen LogP contribution in [0, 0.1) is 5.92 Å². The second kappa shape index (κ2) is 14.0. The van der Waals surface area contributed by atoms with E-state index in [0.717, 1.165) is 16.7 Å².